The summed E-state index contributed by atoms with van der Waals surface area (Å²) in [7, 11) is 1.62. The summed E-state index contributed by atoms with van der Waals surface area (Å²) in [4.78, 5) is 0. The number of thiocarbonyl (C=S) groups is 1. The SMILES string of the molecule is COc1ccc(NC(=S)NC(C)(C)CO)cc1. The largest absolute Gasteiger partial charge is 0.497 e. The van der Waals surface area contributed by atoms with E-state index in [-0.39, 0.29) is 6.61 Å². The van der Waals surface area contributed by atoms with Gasteiger partial charge in [0.25, 0.3) is 0 Å². The van der Waals surface area contributed by atoms with E-state index in [2.05, 4.69) is 10.6 Å². The van der Waals surface area contributed by atoms with Crippen molar-refractivity contribution in [1.82, 2.24) is 5.32 Å². The van der Waals surface area contributed by atoms with Crippen molar-refractivity contribution in [3.8, 4) is 5.75 Å². The van der Waals surface area contributed by atoms with Crippen LogP contribution in [0.15, 0.2) is 24.3 Å². The topological polar surface area (TPSA) is 53.5 Å². The molecule has 0 aliphatic heterocycles. The zero-order valence-corrected chi connectivity index (χ0v) is 11.1. The number of anilines is 1. The zero-order valence-electron chi connectivity index (χ0n) is 10.3. The zero-order chi connectivity index (χ0) is 12.9. The van der Waals surface area contributed by atoms with E-state index < -0.39 is 5.54 Å². The van der Waals surface area contributed by atoms with Crippen LogP contribution in [0.4, 0.5) is 5.69 Å². The van der Waals surface area contributed by atoms with Crippen molar-refractivity contribution in [3.63, 3.8) is 0 Å². The van der Waals surface area contributed by atoms with E-state index in [1.807, 2.05) is 38.1 Å². The molecule has 4 nitrogen and oxygen atoms in total. The molecule has 0 saturated carbocycles. The van der Waals surface area contributed by atoms with E-state index in [4.69, 9.17) is 22.1 Å². The molecule has 3 N–H and O–H groups in total. The van der Waals surface area contributed by atoms with Gasteiger partial charge in [0.15, 0.2) is 5.11 Å². The van der Waals surface area contributed by atoms with E-state index in [0.717, 1.165) is 11.4 Å². The number of hydrogen-bond acceptors (Lipinski definition) is 3. The minimum absolute atomic E-state index is 0.0113. The van der Waals surface area contributed by atoms with Gasteiger partial charge >= 0.3 is 0 Å². The number of hydrogen-bond donors (Lipinski definition) is 3. The Kier molecular flexibility index (Phi) is 4.72. The van der Waals surface area contributed by atoms with E-state index >= 15 is 0 Å². The van der Waals surface area contributed by atoms with Gasteiger partial charge in [0, 0.05) is 5.69 Å². The summed E-state index contributed by atoms with van der Waals surface area (Å²) in [5.41, 5.74) is 0.438. The van der Waals surface area contributed by atoms with E-state index in [9.17, 15) is 0 Å². The number of nitrogens with one attached hydrogen (secondary N) is 2. The van der Waals surface area contributed by atoms with Crippen LogP contribution in [-0.2, 0) is 0 Å². The van der Waals surface area contributed by atoms with Gasteiger partial charge in [-0.15, -0.1) is 0 Å². The third-order valence-electron chi connectivity index (χ3n) is 2.20. The maximum absolute atomic E-state index is 9.11. The number of aliphatic hydroxyl groups is 1. The van der Waals surface area contributed by atoms with Crippen molar-refractivity contribution in [3.05, 3.63) is 24.3 Å². The van der Waals surface area contributed by atoms with Gasteiger partial charge in [-0.25, -0.2) is 0 Å². The lowest BCUT2D eigenvalue weighted by Crippen LogP contribution is -2.47. The van der Waals surface area contributed by atoms with Crippen LogP contribution < -0.4 is 15.4 Å². The van der Waals surface area contributed by atoms with Crippen LogP contribution in [-0.4, -0.2) is 29.5 Å². The van der Waals surface area contributed by atoms with Crippen LogP contribution in [0.3, 0.4) is 0 Å². The van der Waals surface area contributed by atoms with E-state index in [1.165, 1.54) is 0 Å². The molecule has 1 rings (SSSR count). The Balaban J connectivity index is 2.56. The van der Waals surface area contributed by atoms with Crippen molar-refractivity contribution >= 4 is 23.0 Å². The second-order valence-corrected chi connectivity index (χ2v) is 4.76. The quantitative estimate of drug-likeness (QED) is 0.715. The molecule has 0 heterocycles. The molecular weight excluding hydrogens is 236 g/mol. The van der Waals surface area contributed by atoms with Crippen LogP contribution in [0.25, 0.3) is 0 Å². The van der Waals surface area contributed by atoms with Crippen LogP contribution in [0, 0.1) is 0 Å². The maximum Gasteiger partial charge on any atom is 0.171 e. The minimum atomic E-state index is -0.434. The van der Waals surface area contributed by atoms with Gasteiger partial charge in [0.05, 0.1) is 19.3 Å². The predicted molar refractivity (Wildman–Crippen MR) is 73.5 cm³/mol. The standard InChI is InChI=1S/C12H18N2O2S/c1-12(2,8-15)14-11(17)13-9-4-6-10(16-3)7-5-9/h4-7,15H,8H2,1-3H3,(H2,13,14,17). The van der Waals surface area contributed by atoms with Gasteiger partial charge < -0.3 is 20.5 Å². The molecule has 0 atom stereocenters. The highest BCUT2D eigenvalue weighted by atomic mass is 32.1. The molecule has 5 heteroatoms. The van der Waals surface area contributed by atoms with Crippen molar-refractivity contribution in [2.24, 2.45) is 0 Å². The Bertz CT molecular complexity index is 377. The Morgan fingerprint density at radius 2 is 1.94 bits per heavy atom. The summed E-state index contributed by atoms with van der Waals surface area (Å²) in [6.45, 7) is 3.75. The molecule has 0 bridgehead atoms. The number of ether oxygens (including phenoxy) is 1. The van der Waals surface area contributed by atoms with Crippen LogP contribution >= 0.6 is 12.2 Å². The molecule has 94 valence electrons. The van der Waals surface area contributed by atoms with Crippen LogP contribution in [0.1, 0.15) is 13.8 Å². The fraction of sp³-hybridized carbons (Fsp3) is 0.417. The second kappa shape index (κ2) is 5.84. The van der Waals surface area contributed by atoms with Crippen molar-refractivity contribution in [2.45, 2.75) is 19.4 Å². The molecule has 0 aromatic heterocycles. The van der Waals surface area contributed by atoms with Gasteiger partial charge in [-0.3, -0.25) is 0 Å². The van der Waals surface area contributed by atoms with Gasteiger partial charge in [-0.05, 0) is 50.3 Å². The molecule has 0 spiro atoms. The summed E-state index contributed by atoms with van der Waals surface area (Å²) in [6, 6.07) is 7.45. The minimum Gasteiger partial charge on any atom is -0.497 e. The number of benzene rings is 1. The summed E-state index contributed by atoms with van der Waals surface area (Å²) < 4.78 is 5.06. The first-order chi connectivity index (χ1) is 7.96. The molecule has 0 radical (unpaired) electrons. The van der Waals surface area contributed by atoms with Crippen LogP contribution in [0.2, 0.25) is 0 Å². The Morgan fingerprint density at radius 1 is 1.35 bits per heavy atom. The first-order valence-electron chi connectivity index (χ1n) is 5.31. The first-order valence-corrected chi connectivity index (χ1v) is 5.72. The highest BCUT2D eigenvalue weighted by Gasteiger charge is 2.16. The van der Waals surface area contributed by atoms with Crippen molar-refractivity contribution < 1.29 is 9.84 Å². The lowest BCUT2D eigenvalue weighted by molar-refractivity contribution is 0.207. The third-order valence-corrected chi connectivity index (χ3v) is 2.40. The Morgan fingerprint density at radius 3 is 2.41 bits per heavy atom. The lowest BCUT2D eigenvalue weighted by Gasteiger charge is -2.25. The van der Waals surface area contributed by atoms with Gasteiger partial charge in [0.2, 0.25) is 0 Å². The predicted octanol–water partition coefficient (Wildman–Crippen LogP) is 1.75. The van der Waals surface area contributed by atoms with E-state index in [1.54, 1.807) is 7.11 Å². The molecule has 17 heavy (non-hydrogen) atoms. The molecule has 0 aliphatic carbocycles. The van der Waals surface area contributed by atoms with Gasteiger partial charge in [-0.2, -0.15) is 0 Å². The summed E-state index contributed by atoms with van der Waals surface area (Å²) in [5, 5.41) is 15.7. The summed E-state index contributed by atoms with van der Waals surface area (Å²) >= 11 is 5.15. The lowest BCUT2D eigenvalue weighted by atomic mass is 10.1. The highest BCUT2D eigenvalue weighted by molar-refractivity contribution is 7.80. The highest BCUT2D eigenvalue weighted by Crippen LogP contribution is 2.15. The molecule has 0 aliphatic rings. The summed E-state index contributed by atoms with van der Waals surface area (Å²) in [6.07, 6.45) is 0. The summed E-state index contributed by atoms with van der Waals surface area (Å²) in [5.74, 6) is 0.796. The molecule has 0 amide bonds. The number of methoxy groups -OCH3 is 1. The number of rotatable bonds is 4. The van der Waals surface area contributed by atoms with Crippen molar-refractivity contribution in [2.75, 3.05) is 19.0 Å². The molecule has 1 aromatic carbocycles. The third kappa shape index (κ3) is 4.58. The van der Waals surface area contributed by atoms with Gasteiger partial charge in [0.1, 0.15) is 5.75 Å². The second-order valence-electron chi connectivity index (χ2n) is 4.35. The molecule has 1 aromatic rings. The number of aliphatic hydroxyl groups excluding tert-OH is 1. The molecular formula is C12H18N2O2S. The average Bonchev–Trinajstić information content (AvgIpc) is 2.29. The van der Waals surface area contributed by atoms with Crippen LogP contribution in [0.5, 0.6) is 5.75 Å². The monoisotopic (exact) mass is 254 g/mol. The first kappa shape index (κ1) is 13.7. The fourth-order valence-electron chi connectivity index (χ4n) is 1.18. The van der Waals surface area contributed by atoms with Gasteiger partial charge in [-0.1, -0.05) is 0 Å². The fourth-order valence-corrected chi connectivity index (χ4v) is 1.58. The van der Waals surface area contributed by atoms with Crippen molar-refractivity contribution in [1.29, 1.82) is 0 Å². The average molecular weight is 254 g/mol. The normalized spacial score (nSPS) is 10.8. The molecule has 0 saturated heterocycles. The Hall–Kier alpha value is -1.33. The maximum atomic E-state index is 9.11. The Labute approximate surface area is 107 Å². The smallest absolute Gasteiger partial charge is 0.171 e. The molecule has 0 fully saturated rings. The molecule has 0 unspecified atom stereocenters. The van der Waals surface area contributed by atoms with E-state index in [0.29, 0.717) is 5.11 Å².